The van der Waals surface area contributed by atoms with Gasteiger partial charge in [0.25, 0.3) is 0 Å². The molecule has 1 fully saturated rings. The van der Waals surface area contributed by atoms with Gasteiger partial charge in [0.1, 0.15) is 11.9 Å². The number of hydrogen-bond acceptors (Lipinski definition) is 6. The number of carbonyl (C=O) groups excluding carboxylic acids is 1. The Kier molecular flexibility index (Phi) is 11.3. The van der Waals surface area contributed by atoms with Gasteiger partial charge in [0.05, 0.1) is 16.3 Å². The van der Waals surface area contributed by atoms with Crippen LogP contribution in [-0.4, -0.2) is 53.0 Å². The highest BCUT2D eigenvalue weighted by Crippen LogP contribution is 2.40. The number of benzene rings is 1. The first kappa shape index (κ1) is 30.8. The van der Waals surface area contributed by atoms with Gasteiger partial charge >= 0.3 is 6.18 Å². The number of pyridine rings is 1. The highest BCUT2D eigenvalue weighted by atomic mass is 32.2. The van der Waals surface area contributed by atoms with Gasteiger partial charge in [-0.05, 0) is 77.4 Å². The zero-order valence-electron chi connectivity index (χ0n) is 23.7. The maximum absolute atomic E-state index is 13.3. The molecule has 0 radical (unpaired) electrons. The van der Waals surface area contributed by atoms with E-state index in [9.17, 15) is 18.0 Å². The molecule has 1 aromatic carbocycles. The molecule has 3 heterocycles. The first-order chi connectivity index (χ1) is 19.2. The Bertz CT molecular complexity index is 1160. The molecule has 5 nitrogen and oxygen atoms in total. The van der Waals surface area contributed by atoms with Crippen LogP contribution >= 0.6 is 11.8 Å². The van der Waals surface area contributed by atoms with Gasteiger partial charge in [0.2, 0.25) is 5.12 Å². The van der Waals surface area contributed by atoms with Gasteiger partial charge in [0, 0.05) is 35.8 Å². The number of ether oxygens (including phenoxy) is 1. The third kappa shape index (κ3) is 8.46. The van der Waals surface area contributed by atoms with E-state index in [-0.39, 0.29) is 16.5 Å². The molecule has 0 aliphatic carbocycles. The van der Waals surface area contributed by atoms with Crippen LogP contribution < -0.4 is 5.32 Å². The van der Waals surface area contributed by atoms with Gasteiger partial charge in [-0.2, -0.15) is 13.2 Å². The van der Waals surface area contributed by atoms with Gasteiger partial charge in [-0.25, -0.2) is 0 Å². The van der Waals surface area contributed by atoms with Crippen LogP contribution in [0, 0.1) is 0 Å². The lowest BCUT2D eigenvalue weighted by atomic mass is 9.97. The molecular formula is C31H42F3N3O2S. The molecule has 4 rings (SSSR count). The van der Waals surface area contributed by atoms with Crippen molar-refractivity contribution < 1.29 is 22.7 Å². The smallest absolute Gasteiger partial charge is 0.416 e. The highest BCUT2D eigenvalue weighted by Gasteiger charge is 2.33. The summed E-state index contributed by atoms with van der Waals surface area (Å²) < 4.78 is 46.4. The number of aromatic nitrogens is 1. The molecule has 40 heavy (non-hydrogen) atoms. The minimum absolute atomic E-state index is 0.0168. The molecule has 0 spiro atoms. The highest BCUT2D eigenvalue weighted by molar-refractivity contribution is 8.15. The Balaban J connectivity index is 1.33. The Morgan fingerprint density at radius 3 is 2.55 bits per heavy atom. The van der Waals surface area contributed by atoms with E-state index in [4.69, 9.17) is 4.74 Å². The fourth-order valence-corrected chi connectivity index (χ4v) is 6.56. The van der Waals surface area contributed by atoms with Crippen LogP contribution in [0.15, 0.2) is 41.8 Å². The normalized spacial score (nSPS) is 19.8. The van der Waals surface area contributed by atoms with Crippen molar-refractivity contribution in [3.8, 4) is 0 Å². The number of nitrogens with zero attached hydrogens (tertiary/aromatic N) is 2. The van der Waals surface area contributed by atoms with Crippen molar-refractivity contribution in [1.82, 2.24) is 15.2 Å². The number of alkyl halides is 3. The van der Waals surface area contributed by atoms with E-state index in [0.717, 1.165) is 63.0 Å². The molecule has 0 saturated carbocycles. The molecule has 2 aliphatic heterocycles. The zero-order chi connectivity index (χ0) is 28.5. The van der Waals surface area contributed by atoms with Gasteiger partial charge in [-0.15, -0.1) is 0 Å². The summed E-state index contributed by atoms with van der Waals surface area (Å²) in [5.41, 5.74) is 1.03. The number of rotatable bonds is 13. The van der Waals surface area contributed by atoms with E-state index in [0.29, 0.717) is 22.2 Å². The molecule has 2 aromatic rings. The van der Waals surface area contributed by atoms with Crippen molar-refractivity contribution in [2.75, 3.05) is 32.7 Å². The fraction of sp³-hybridized carbons (Fsp3) is 0.613. The van der Waals surface area contributed by atoms with E-state index < -0.39 is 11.7 Å². The summed E-state index contributed by atoms with van der Waals surface area (Å²) in [4.78, 5) is 19.1. The number of unbranched alkanes of at least 4 members (excludes halogenated alkanes) is 6. The van der Waals surface area contributed by atoms with Gasteiger partial charge < -0.3 is 15.0 Å². The van der Waals surface area contributed by atoms with Crippen LogP contribution in [0.3, 0.4) is 0 Å². The van der Waals surface area contributed by atoms with Crippen LogP contribution in [0.2, 0.25) is 0 Å². The Morgan fingerprint density at radius 1 is 1.07 bits per heavy atom. The lowest BCUT2D eigenvalue weighted by Crippen LogP contribution is -2.29. The Morgan fingerprint density at radius 2 is 1.82 bits per heavy atom. The SMILES string of the molecule is CC1=C(OC(CCCCCCCCCN2CCCNCC2)c2ccnc3cc(C(F)(F)F)ccc23)C(C)SC1=O. The second kappa shape index (κ2) is 14.7. The van der Waals surface area contributed by atoms with Crippen molar-refractivity contribution >= 4 is 27.8 Å². The lowest BCUT2D eigenvalue weighted by molar-refractivity contribution is -0.137. The molecule has 2 aliphatic rings. The predicted molar refractivity (Wildman–Crippen MR) is 156 cm³/mol. The molecule has 0 amide bonds. The summed E-state index contributed by atoms with van der Waals surface area (Å²) in [6, 6.07) is 5.54. The third-order valence-electron chi connectivity index (χ3n) is 7.92. The van der Waals surface area contributed by atoms with E-state index >= 15 is 0 Å². The number of carbonyl (C=O) groups is 1. The minimum atomic E-state index is -4.43. The van der Waals surface area contributed by atoms with E-state index in [1.54, 1.807) is 13.1 Å². The van der Waals surface area contributed by atoms with Gasteiger partial charge in [-0.1, -0.05) is 49.9 Å². The van der Waals surface area contributed by atoms with E-state index in [1.165, 1.54) is 63.0 Å². The lowest BCUT2D eigenvalue weighted by Gasteiger charge is -2.24. The summed E-state index contributed by atoms with van der Waals surface area (Å²) >= 11 is 1.25. The molecule has 9 heteroatoms. The zero-order valence-corrected chi connectivity index (χ0v) is 24.5. The van der Waals surface area contributed by atoms with Gasteiger partial charge in [-0.3, -0.25) is 9.78 Å². The topological polar surface area (TPSA) is 54.5 Å². The predicted octanol–water partition coefficient (Wildman–Crippen LogP) is 7.66. The average molecular weight is 578 g/mol. The molecule has 2 unspecified atom stereocenters. The second-order valence-corrected chi connectivity index (χ2v) is 12.3. The standard InChI is InChI=1S/C31H42F3N3O2S/c1-22-29(23(2)40-30(22)38)39-28(26-14-16-36-27-21-24(31(32,33)34)12-13-25(26)27)11-8-6-4-3-5-7-9-18-37-19-10-15-35-17-20-37/h12-14,16,21,23,28,35H,3-11,15,17-20H2,1-2H3. The van der Waals surface area contributed by atoms with E-state index in [1.807, 2.05) is 13.0 Å². The van der Waals surface area contributed by atoms with Crippen LogP contribution in [0.5, 0.6) is 0 Å². The first-order valence-corrected chi connectivity index (χ1v) is 15.6. The minimum Gasteiger partial charge on any atom is -0.488 e. The maximum Gasteiger partial charge on any atom is 0.416 e. The second-order valence-electron chi connectivity index (χ2n) is 11.0. The summed E-state index contributed by atoms with van der Waals surface area (Å²) in [6.45, 7) is 9.52. The number of fused-ring (bicyclic) bond motifs is 1. The molecule has 220 valence electrons. The number of halogens is 3. The van der Waals surface area contributed by atoms with Crippen molar-refractivity contribution in [2.24, 2.45) is 0 Å². The first-order valence-electron chi connectivity index (χ1n) is 14.7. The molecular weight excluding hydrogens is 535 g/mol. The van der Waals surface area contributed by atoms with Crippen molar-refractivity contribution in [1.29, 1.82) is 0 Å². The molecule has 0 bridgehead atoms. The quantitative estimate of drug-likeness (QED) is 0.247. The van der Waals surface area contributed by atoms with Crippen molar-refractivity contribution in [3.05, 3.63) is 52.9 Å². The average Bonchev–Trinajstić information content (AvgIpc) is 3.09. The van der Waals surface area contributed by atoms with Crippen LogP contribution in [-0.2, 0) is 15.7 Å². The molecule has 1 saturated heterocycles. The van der Waals surface area contributed by atoms with Crippen LogP contribution in [0.4, 0.5) is 13.2 Å². The number of thioether (sulfide) groups is 1. The van der Waals surface area contributed by atoms with Crippen molar-refractivity contribution in [2.45, 2.75) is 89.2 Å². The Labute approximate surface area is 240 Å². The molecule has 1 N–H and O–H groups in total. The summed E-state index contributed by atoms with van der Waals surface area (Å²) in [7, 11) is 0. The van der Waals surface area contributed by atoms with E-state index in [2.05, 4.69) is 15.2 Å². The molecule has 1 aromatic heterocycles. The van der Waals surface area contributed by atoms with Crippen LogP contribution in [0.25, 0.3) is 10.9 Å². The van der Waals surface area contributed by atoms with Crippen molar-refractivity contribution in [3.63, 3.8) is 0 Å². The summed E-state index contributed by atoms with van der Waals surface area (Å²) in [5.74, 6) is 0.678. The largest absolute Gasteiger partial charge is 0.488 e. The fourth-order valence-electron chi connectivity index (χ4n) is 5.62. The maximum atomic E-state index is 13.3. The van der Waals surface area contributed by atoms with Gasteiger partial charge in [0.15, 0.2) is 0 Å². The number of hydrogen-bond donors (Lipinski definition) is 1. The molecule has 2 atom stereocenters. The van der Waals surface area contributed by atoms with Crippen LogP contribution in [0.1, 0.15) is 88.9 Å². The summed E-state index contributed by atoms with van der Waals surface area (Å²) in [6.07, 6.45) is 6.86. The number of nitrogens with one attached hydrogen (secondary N) is 1. The monoisotopic (exact) mass is 577 g/mol. The Hall–Kier alpha value is -2.10. The summed E-state index contributed by atoms with van der Waals surface area (Å²) in [5, 5.41) is 4.05. The third-order valence-corrected chi connectivity index (χ3v) is 9.01.